The standard InChI is InChI=1S/C59H61BN2/c1-37-29-53-55-54(30-37)62(50-31-41(24-23-38(50)2)39-19-15-13-16-20-39)52-35-46-45(58(9,10)36-59(46,11)12)34-48(52)60(55)47-27-25-43(57(6,7)8)33-51(47)61(53)49-28-26-42(56(3,4)5)32-44(49)40-21-17-14-18-22-40/h13-35H,36H2,1-12H3. The van der Waals surface area contributed by atoms with Gasteiger partial charge in [0.05, 0.1) is 5.69 Å². The molecule has 0 bridgehead atoms. The minimum Gasteiger partial charge on any atom is -0.311 e. The first-order valence-corrected chi connectivity index (χ1v) is 22.8. The lowest BCUT2D eigenvalue weighted by atomic mass is 9.33. The van der Waals surface area contributed by atoms with Crippen molar-refractivity contribution in [3.05, 3.63) is 173 Å². The Morgan fingerprint density at radius 3 is 1.63 bits per heavy atom. The van der Waals surface area contributed by atoms with E-state index < -0.39 is 0 Å². The highest BCUT2D eigenvalue weighted by Crippen LogP contribution is 2.53. The van der Waals surface area contributed by atoms with Gasteiger partial charge in [-0.05, 0) is 151 Å². The highest BCUT2D eigenvalue weighted by molar-refractivity contribution is 7.00. The van der Waals surface area contributed by atoms with Crippen LogP contribution in [0.15, 0.2) is 140 Å². The van der Waals surface area contributed by atoms with Gasteiger partial charge in [-0.3, -0.25) is 0 Å². The third-order valence-electron chi connectivity index (χ3n) is 14.3. The third kappa shape index (κ3) is 6.37. The number of fused-ring (bicyclic) bond motifs is 5. The summed E-state index contributed by atoms with van der Waals surface area (Å²) in [6.45, 7) is 28.5. The lowest BCUT2D eigenvalue weighted by Crippen LogP contribution is -2.61. The predicted octanol–water partition coefficient (Wildman–Crippen LogP) is 14.3. The summed E-state index contributed by atoms with van der Waals surface area (Å²) in [6, 6.07) is 53.8. The molecule has 62 heavy (non-hydrogen) atoms. The van der Waals surface area contributed by atoms with E-state index in [0.717, 1.165) is 6.42 Å². The molecule has 0 spiro atoms. The quantitative estimate of drug-likeness (QED) is 0.163. The van der Waals surface area contributed by atoms with E-state index >= 15 is 0 Å². The molecule has 0 aromatic heterocycles. The molecule has 0 N–H and O–H groups in total. The van der Waals surface area contributed by atoms with Crippen LogP contribution < -0.4 is 26.2 Å². The third-order valence-corrected chi connectivity index (χ3v) is 14.3. The number of anilines is 6. The summed E-state index contributed by atoms with van der Waals surface area (Å²) in [5, 5.41) is 0. The summed E-state index contributed by atoms with van der Waals surface area (Å²) < 4.78 is 0. The van der Waals surface area contributed by atoms with E-state index in [2.05, 4.69) is 232 Å². The molecule has 0 saturated carbocycles. The van der Waals surface area contributed by atoms with Crippen molar-refractivity contribution >= 4 is 57.2 Å². The minimum absolute atomic E-state index is 0.00613. The molecular formula is C59H61BN2. The summed E-state index contributed by atoms with van der Waals surface area (Å²) >= 11 is 0. The van der Waals surface area contributed by atoms with Gasteiger partial charge in [-0.25, -0.2) is 0 Å². The first kappa shape index (κ1) is 40.3. The van der Waals surface area contributed by atoms with Gasteiger partial charge >= 0.3 is 0 Å². The van der Waals surface area contributed by atoms with Crippen molar-refractivity contribution in [1.29, 1.82) is 0 Å². The zero-order valence-corrected chi connectivity index (χ0v) is 39.0. The van der Waals surface area contributed by atoms with Gasteiger partial charge in [-0.1, -0.05) is 166 Å². The van der Waals surface area contributed by atoms with E-state index in [1.807, 2.05) is 0 Å². The maximum Gasteiger partial charge on any atom is 0.252 e. The SMILES string of the molecule is Cc1cc2c3c(c1)N(c1ccc(C(C)(C)C)cc1-c1ccccc1)c1cc(C(C)(C)C)ccc1B3c1cc3c(cc1N2c1cc(-c2ccccc2)ccc1C)C(C)(C)CC3(C)C. The topological polar surface area (TPSA) is 6.48 Å². The van der Waals surface area contributed by atoms with Gasteiger partial charge in [-0.15, -0.1) is 0 Å². The summed E-state index contributed by atoms with van der Waals surface area (Å²) in [5.74, 6) is 0. The number of nitrogens with zero attached hydrogens (tertiary/aromatic N) is 2. The fraction of sp³-hybridized carbons (Fsp3) is 0.288. The van der Waals surface area contributed by atoms with Gasteiger partial charge in [0.2, 0.25) is 0 Å². The Labute approximate surface area is 371 Å². The summed E-state index contributed by atoms with van der Waals surface area (Å²) in [7, 11) is 0. The first-order valence-electron chi connectivity index (χ1n) is 22.8. The van der Waals surface area contributed by atoms with Crippen molar-refractivity contribution in [2.24, 2.45) is 0 Å². The van der Waals surface area contributed by atoms with Crippen LogP contribution in [-0.2, 0) is 21.7 Å². The summed E-state index contributed by atoms with van der Waals surface area (Å²) in [4.78, 5) is 5.28. The van der Waals surface area contributed by atoms with Crippen molar-refractivity contribution in [3.63, 3.8) is 0 Å². The molecular weight excluding hydrogens is 747 g/mol. The van der Waals surface area contributed by atoms with Gasteiger partial charge in [-0.2, -0.15) is 0 Å². The average molecular weight is 809 g/mol. The summed E-state index contributed by atoms with van der Waals surface area (Å²) in [5.41, 5.74) is 24.8. The highest BCUT2D eigenvalue weighted by atomic mass is 15.2. The van der Waals surface area contributed by atoms with Gasteiger partial charge in [0.1, 0.15) is 0 Å². The molecule has 2 aliphatic heterocycles. The molecule has 0 amide bonds. The predicted molar refractivity (Wildman–Crippen MR) is 269 cm³/mol. The molecule has 3 aliphatic rings. The molecule has 7 aromatic rings. The van der Waals surface area contributed by atoms with Gasteiger partial charge < -0.3 is 9.80 Å². The largest absolute Gasteiger partial charge is 0.311 e. The van der Waals surface area contributed by atoms with Crippen molar-refractivity contribution in [2.75, 3.05) is 9.80 Å². The van der Waals surface area contributed by atoms with E-state index in [-0.39, 0.29) is 28.4 Å². The number of hydrogen-bond acceptors (Lipinski definition) is 2. The molecule has 1 aliphatic carbocycles. The molecule has 0 radical (unpaired) electrons. The first-order chi connectivity index (χ1) is 29.3. The van der Waals surface area contributed by atoms with Gasteiger partial charge in [0.15, 0.2) is 0 Å². The van der Waals surface area contributed by atoms with E-state index in [9.17, 15) is 0 Å². The van der Waals surface area contributed by atoms with E-state index in [4.69, 9.17) is 0 Å². The fourth-order valence-corrected chi connectivity index (χ4v) is 11.3. The Hall–Kier alpha value is -5.80. The van der Waals surface area contributed by atoms with Crippen LogP contribution >= 0.6 is 0 Å². The molecule has 0 atom stereocenters. The summed E-state index contributed by atoms with van der Waals surface area (Å²) in [6.07, 6.45) is 1.12. The maximum absolute atomic E-state index is 2.65. The van der Waals surface area contributed by atoms with Crippen LogP contribution in [0.1, 0.15) is 109 Å². The van der Waals surface area contributed by atoms with E-state index in [1.165, 1.54) is 106 Å². The van der Waals surface area contributed by atoms with Crippen LogP contribution in [0.2, 0.25) is 0 Å². The average Bonchev–Trinajstić information content (AvgIpc) is 3.41. The Morgan fingerprint density at radius 1 is 0.452 bits per heavy atom. The second kappa shape index (κ2) is 13.9. The Kier molecular flexibility index (Phi) is 9.00. The van der Waals surface area contributed by atoms with Crippen LogP contribution in [0, 0.1) is 13.8 Å². The highest BCUT2D eigenvalue weighted by Gasteiger charge is 2.48. The molecule has 2 heterocycles. The molecule has 0 fully saturated rings. The number of rotatable bonds is 4. The van der Waals surface area contributed by atoms with E-state index in [1.54, 1.807) is 0 Å². The zero-order chi connectivity index (χ0) is 43.7. The lowest BCUT2D eigenvalue weighted by Gasteiger charge is -2.46. The fourth-order valence-electron chi connectivity index (χ4n) is 11.3. The number of aryl methyl sites for hydroxylation is 2. The van der Waals surface area contributed by atoms with Gasteiger partial charge in [0, 0.05) is 34.0 Å². The minimum atomic E-state index is -0.0317. The van der Waals surface area contributed by atoms with Crippen molar-refractivity contribution < 1.29 is 0 Å². The molecule has 10 rings (SSSR count). The van der Waals surface area contributed by atoms with Crippen molar-refractivity contribution in [1.82, 2.24) is 0 Å². The van der Waals surface area contributed by atoms with Crippen LogP contribution in [0.3, 0.4) is 0 Å². The van der Waals surface area contributed by atoms with E-state index in [0.29, 0.717) is 0 Å². The van der Waals surface area contributed by atoms with Crippen molar-refractivity contribution in [2.45, 2.75) is 111 Å². The Balaban J connectivity index is 1.33. The smallest absolute Gasteiger partial charge is 0.252 e. The molecule has 0 saturated heterocycles. The maximum atomic E-state index is 2.65. The number of benzene rings is 7. The second-order valence-electron chi connectivity index (χ2n) is 22.0. The molecule has 7 aromatic carbocycles. The second-order valence-corrected chi connectivity index (χ2v) is 22.0. The number of hydrogen-bond donors (Lipinski definition) is 0. The molecule has 310 valence electrons. The van der Waals surface area contributed by atoms with Crippen LogP contribution in [-0.4, -0.2) is 6.71 Å². The Morgan fingerprint density at radius 2 is 1.00 bits per heavy atom. The molecule has 0 unspecified atom stereocenters. The lowest BCUT2D eigenvalue weighted by molar-refractivity contribution is 0.403. The van der Waals surface area contributed by atoms with Crippen LogP contribution in [0.4, 0.5) is 34.1 Å². The Bertz CT molecular complexity index is 2920. The zero-order valence-electron chi connectivity index (χ0n) is 39.0. The van der Waals surface area contributed by atoms with Crippen LogP contribution in [0.5, 0.6) is 0 Å². The monoisotopic (exact) mass is 808 g/mol. The normalized spacial score (nSPS) is 15.8. The van der Waals surface area contributed by atoms with Crippen molar-refractivity contribution in [3.8, 4) is 22.3 Å². The molecule has 3 heteroatoms. The van der Waals surface area contributed by atoms with Crippen LogP contribution in [0.25, 0.3) is 22.3 Å². The molecule has 2 nitrogen and oxygen atoms in total. The van der Waals surface area contributed by atoms with Gasteiger partial charge in [0.25, 0.3) is 6.71 Å².